The summed E-state index contributed by atoms with van der Waals surface area (Å²) in [7, 11) is 3.48. The smallest absolute Gasteiger partial charge is 0.251 e. The van der Waals surface area contributed by atoms with E-state index in [0.717, 1.165) is 5.56 Å². The molecule has 2 aromatic rings. The quantitative estimate of drug-likeness (QED) is 0.614. The minimum Gasteiger partial charge on any atom is -0.497 e. The molecule has 4 atom stereocenters. The fourth-order valence-corrected chi connectivity index (χ4v) is 3.70. The molecule has 1 amide bonds. The number of nitrogens with one attached hydrogen (secondary N) is 1. The van der Waals surface area contributed by atoms with Crippen LogP contribution in [-0.4, -0.2) is 72.7 Å². The Labute approximate surface area is 170 Å². The van der Waals surface area contributed by atoms with Crippen LogP contribution >= 0.6 is 0 Å². The number of rotatable bonds is 8. The topological polar surface area (TPSA) is 91.3 Å². The zero-order valence-corrected chi connectivity index (χ0v) is 16.7. The van der Waals surface area contributed by atoms with Crippen LogP contribution in [0.2, 0.25) is 0 Å². The first kappa shape index (κ1) is 21.3. The Morgan fingerprint density at radius 2 is 1.83 bits per heavy atom. The normalized spacial score (nSPS) is 23.9. The van der Waals surface area contributed by atoms with Crippen LogP contribution in [0.4, 0.5) is 0 Å². The summed E-state index contributed by atoms with van der Waals surface area (Å²) in [4.78, 5) is 14.5. The third-order valence-electron chi connectivity index (χ3n) is 5.24. The van der Waals surface area contributed by atoms with Crippen molar-refractivity contribution in [3.63, 3.8) is 0 Å². The van der Waals surface area contributed by atoms with Gasteiger partial charge < -0.3 is 25.0 Å². The van der Waals surface area contributed by atoms with Crippen molar-refractivity contribution in [3.05, 3.63) is 65.7 Å². The number of aliphatic hydroxyl groups excluding tert-OH is 2. The van der Waals surface area contributed by atoms with E-state index in [0.29, 0.717) is 17.9 Å². The predicted molar refractivity (Wildman–Crippen MR) is 109 cm³/mol. The molecule has 1 saturated heterocycles. The number of amides is 1. The van der Waals surface area contributed by atoms with Gasteiger partial charge in [-0.2, -0.15) is 0 Å². The first-order valence-corrected chi connectivity index (χ1v) is 9.64. The van der Waals surface area contributed by atoms with Crippen molar-refractivity contribution >= 4 is 5.91 Å². The molecule has 2 aromatic carbocycles. The highest BCUT2D eigenvalue weighted by Gasteiger charge is 2.45. The van der Waals surface area contributed by atoms with E-state index in [4.69, 9.17) is 9.47 Å². The number of hydrogen-bond acceptors (Lipinski definition) is 6. The van der Waals surface area contributed by atoms with Gasteiger partial charge in [-0.05, 0) is 36.9 Å². The van der Waals surface area contributed by atoms with Crippen molar-refractivity contribution in [1.82, 2.24) is 10.2 Å². The minimum atomic E-state index is -0.850. The molecule has 3 rings (SSSR count). The maximum atomic E-state index is 12.5. The number of hydrogen-bond donors (Lipinski definition) is 3. The van der Waals surface area contributed by atoms with Crippen molar-refractivity contribution in [2.75, 3.05) is 27.3 Å². The largest absolute Gasteiger partial charge is 0.497 e. The fraction of sp³-hybridized carbons (Fsp3) is 0.409. The second-order valence-corrected chi connectivity index (χ2v) is 7.22. The van der Waals surface area contributed by atoms with Gasteiger partial charge in [-0.15, -0.1) is 0 Å². The molecule has 0 bridgehead atoms. The summed E-state index contributed by atoms with van der Waals surface area (Å²) < 4.78 is 10.9. The van der Waals surface area contributed by atoms with Gasteiger partial charge in [-0.1, -0.05) is 30.3 Å². The van der Waals surface area contributed by atoms with Gasteiger partial charge in [0.15, 0.2) is 0 Å². The number of methoxy groups -OCH3 is 1. The molecule has 1 heterocycles. The standard InChI is InChI=1S/C22H28N2O5/c1-24(13-15-6-4-3-5-7-15)20-18(29-19(14-25)21(20)26)12-23-22(27)16-8-10-17(28-2)11-9-16/h3-11,18-21,25-26H,12-14H2,1-2H3,(H,23,27)/t18-,19+,20+,21-/m1/s1. The Balaban J connectivity index is 1.65. The number of nitrogens with zero attached hydrogens (tertiary/aromatic N) is 1. The van der Waals surface area contributed by atoms with Crippen LogP contribution in [0.25, 0.3) is 0 Å². The van der Waals surface area contributed by atoms with E-state index in [1.54, 1.807) is 31.4 Å². The number of aliphatic hydroxyl groups is 2. The SMILES string of the molecule is COc1ccc(C(=O)NC[C@H]2O[C@@H](CO)[C@@H](O)[C@H]2N(C)Cc2ccccc2)cc1. The van der Waals surface area contributed by atoms with Crippen LogP contribution in [0.3, 0.4) is 0 Å². The molecule has 1 fully saturated rings. The van der Waals surface area contributed by atoms with Crippen LogP contribution in [0.5, 0.6) is 5.75 Å². The molecule has 0 saturated carbocycles. The molecule has 7 nitrogen and oxygen atoms in total. The Morgan fingerprint density at radius 1 is 1.14 bits per heavy atom. The molecule has 1 aliphatic heterocycles. The summed E-state index contributed by atoms with van der Waals surface area (Å²) in [6.07, 6.45) is -1.98. The Morgan fingerprint density at radius 3 is 2.45 bits per heavy atom. The molecular formula is C22H28N2O5. The Kier molecular flexibility index (Phi) is 7.22. The van der Waals surface area contributed by atoms with Gasteiger partial charge in [-0.25, -0.2) is 0 Å². The monoisotopic (exact) mass is 400 g/mol. The minimum absolute atomic E-state index is 0.224. The molecule has 156 valence electrons. The van der Waals surface area contributed by atoms with E-state index < -0.39 is 18.3 Å². The highest BCUT2D eigenvalue weighted by Crippen LogP contribution is 2.26. The summed E-state index contributed by atoms with van der Waals surface area (Å²) in [6.45, 7) is 0.564. The number of carbonyl (C=O) groups excluding carboxylic acids is 1. The van der Waals surface area contributed by atoms with E-state index >= 15 is 0 Å². The van der Waals surface area contributed by atoms with E-state index in [2.05, 4.69) is 5.32 Å². The van der Waals surface area contributed by atoms with E-state index in [-0.39, 0.29) is 25.1 Å². The van der Waals surface area contributed by atoms with Gasteiger partial charge >= 0.3 is 0 Å². The molecule has 29 heavy (non-hydrogen) atoms. The zero-order chi connectivity index (χ0) is 20.8. The second-order valence-electron chi connectivity index (χ2n) is 7.22. The number of benzene rings is 2. The third kappa shape index (κ3) is 5.13. The Hall–Kier alpha value is -2.45. The van der Waals surface area contributed by atoms with Gasteiger partial charge in [0, 0.05) is 18.7 Å². The number of carbonyl (C=O) groups is 1. The summed E-state index contributed by atoms with van der Waals surface area (Å²) in [5.74, 6) is 0.444. The first-order valence-electron chi connectivity index (χ1n) is 9.64. The zero-order valence-electron chi connectivity index (χ0n) is 16.7. The van der Waals surface area contributed by atoms with Crippen LogP contribution in [0, 0.1) is 0 Å². The summed E-state index contributed by atoms with van der Waals surface area (Å²) in [5.41, 5.74) is 1.62. The highest BCUT2D eigenvalue weighted by atomic mass is 16.5. The lowest BCUT2D eigenvalue weighted by atomic mass is 10.0. The summed E-state index contributed by atoms with van der Waals surface area (Å²) in [6, 6.07) is 16.4. The van der Waals surface area contributed by atoms with Gasteiger partial charge in [0.25, 0.3) is 5.91 Å². The predicted octanol–water partition coefficient (Wildman–Crippen LogP) is 1.05. The molecule has 0 aliphatic carbocycles. The molecule has 0 spiro atoms. The molecule has 0 unspecified atom stereocenters. The molecule has 3 N–H and O–H groups in total. The Bertz CT molecular complexity index is 784. The maximum Gasteiger partial charge on any atom is 0.251 e. The molecule has 0 radical (unpaired) electrons. The van der Waals surface area contributed by atoms with E-state index in [1.165, 1.54) is 0 Å². The van der Waals surface area contributed by atoms with Crippen molar-refractivity contribution in [1.29, 1.82) is 0 Å². The third-order valence-corrected chi connectivity index (χ3v) is 5.24. The average Bonchev–Trinajstić information content (AvgIpc) is 3.08. The van der Waals surface area contributed by atoms with Crippen LogP contribution < -0.4 is 10.1 Å². The van der Waals surface area contributed by atoms with Gasteiger partial charge in [0.2, 0.25) is 0 Å². The molecule has 7 heteroatoms. The van der Waals surface area contributed by atoms with Crippen molar-refractivity contribution < 1.29 is 24.5 Å². The number of likely N-dealkylation sites (N-methyl/N-ethyl adjacent to an activating group) is 1. The molecule has 0 aromatic heterocycles. The maximum absolute atomic E-state index is 12.5. The average molecular weight is 400 g/mol. The lowest BCUT2D eigenvalue weighted by Gasteiger charge is -2.30. The van der Waals surface area contributed by atoms with Crippen molar-refractivity contribution in [2.24, 2.45) is 0 Å². The highest BCUT2D eigenvalue weighted by molar-refractivity contribution is 5.94. The van der Waals surface area contributed by atoms with E-state index in [1.807, 2.05) is 42.3 Å². The summed E-state index contributed by atoms with van der Waals surface area (Å²) in [5, 5.41) is 23.1. The fourth-order valence-electron chi connectivity index (χ4n) is 3.70. The molecular weight excluding hydrogens is 372 g/mol. The van der Waals surface area contributed by atoms with E-state index in [9.17, 15) is 15.0 Å². The van der Waals surface area contributed by atoms with Crippen molar-refractivity contribution in [2.45, 2.75) is 30.9 Å². The molecule has 1 aliphatic rings. The first-order chi connectivity index (χ1) is 14.0. The van der Waals surface area contributed by atoms with Crippen LogP contribution in [0.15, 0.2) is 54.6 Å². The van der Waals surface area contributed by atoms with Gasteiger partial charge in [0.05, 0.1) is 25.9 Å². The van der Waals surface area contributed by atoms with Crippen LogP contribution in [0.1, 0.15) is 15.9 Å². The lowest BCUT2D eigenvalue weighted by Crippen LogP contribution is -2.49. The van der Waals surface area contributed by atoms with Gasteiger partial charge in [0.1, 0.15) is 18.0 Å². The second kappa shape index (κ2) is 9.84. The van der Waals surface area contributed by atoms with Gasteiger partial charge in [-0.3, -0.25) is 9.69 Å². The number of ether oxygens (including phenoxy) is 2. The van der Waals surface area contributed by atoms with Crippen molar-refractivity contribution in [3.8, 4) is 5.75 Å². The summed E-state index contributed by atoms with van der Waals surface area (Å²) >= 11 is 0. The lowest BCUT2D eigenvalue weighted by molar-refractivity contribution is -0.0209. The van der Waals surface area contributed by atoms with Crippen LogP contribution in [-0.2, 0) is 11.3 Å².